The summed E-state index contributed by atoms with van der Waals surface area (Å²) in [6, 6.07) is 4.56. The van der Waals surface area contributed by atoms with Crippen LogP contribution in [0.2, 0.25) is 5.02 Å². The summed E-state index contributed by atoms with van der Waals surface area (Å²) in [5.74, 6) is -0.287. The second-order valence-electron chi connectivity index (χ2n) is 5.38. The first-order chi connectivity index (χ1) is 9.07. The van der Waals surface area contributed by atoms with Gasteiger partial charge >= 0.3 is 0 Å². The van der Waals surface area contributed by atoms with E-state index in [-0.39, 0.29) is 17.5 Å². The maximum absolute atomic E-state index is 13.8. The van der Waals surface area contributed by atoms with Gasteiger partial charge in [-0.2, -0.15) is 0 Å². The maximum Gasteiger partial charge on any atom is 0.127 e. The van der Waals surface area contributed by atoms with Crippen LogP contribution < -0.4 is 5.73 Å². The van der Waals surface area contributed by atoms with E-state index >= 15 is 0 Å². The molecule has 0 amide bonds. The van der Waals surface area contributed by atoms with Crippen molar-refractivity contribution in [3.8, 4) is 0 Å². The van der Waals surface area contributed by atoms with E-state index in [1.165, 1.54) is 12.5 Å². The summed E-state index contributed by atoms with van der Waals surface area (Å²) in [6.45, 7) is 0. The lowest BCUT2D eigenvalue weighted by Gasteiger charge is -2.41. The molecule has 0 heterocycles. The maximum atomic E-state index is 13.8. The molecule has 0 aromatic heterocycles. The Balaban J connectivity index is 2.12. The zero-order valence-electron chi connectivity index (χ0n) is 11.3. The molecule has 1 aromatic carbocycles. The third-order valence-electron chi connectivity index (χ3n) is 4.24. The fourth-order valence-corrected chi connectivity index (χ4v) is 3.15. The molecule has 1 aromatic rings. The van der Waals surface area contributed by atoms with Crippen molar-refractivity contribution in [2.75, 3.05) is 7.11 Å². The van der Waals surface area contributed by atoms with Crippen molar-refractivity contribution >= 4 is 11.6 Å². The number of rotatable bonds is 4. The quantitative estimate of drug-likeness (QED) is 0.915. The Kier molecular flexibility index (Phi) is 4.82. The minimum absolute atomic E-state index is 0.187. The van der Waals surface area contributed by atoms with Crippen LogP contribution in [0.1, 0.15) is 37.7 Å². The molecule has 0 bridgehead atoms. The average molecular weight is 286 g/mol. The summed E-state index contributed by atoms with van der Waals surface area (Å²) in [7, 11) is 1.71. The minimum atomic E-state index is -0.301. The largest absolute Gasteiger partial charge is 0.377 e. The van der Waals surface area contributed by atoms with Gasteiger partial charge in [-0.15, -0.1) is 0 Å². The van der Waals surface area contributed by atoms with Gasteiger partial charge in [0.15, 0.2) is 0 Å². The van der Waals surface area contributed by atoms with E-state index in [0.29, 0.717) is 17.0 Å². The molecular weight excluding hydrogens is 265 g/mol. The highest BCUT2D eigenvalue weighted by atomic mass is 35.5. The zero-order valence-corrected chi connectivity index (χ0v) is 12.0. The topological polar surface area (TPSA) is 35.2 Å². The monoisotopic (exact) mass is 285 g/mol. The van der Waals surface area contributed by atoms with Crippen LogP contribution in [0.5, 0.6) is 0 Å². The molecule has 0 saturated heterocycles. The number of ether oxygens (including phenoxy) is 1. The summed E-state index contributed by atoms with van der Waals surface area (Å²) >= 11 is 5.76. The van der Waals surface area contributed by atoms with Crippen molar-refractivity contribution in [2.24, 2.45) is 5.73 Å². The van der Waals surface area contributed by atoms with E-state index in [1.54, 1.807) is 19.2 Å². The van der Waals surface area contributed by atoms with E-state index in [9.17, 15) is 4.39 Å². The molecule has 4 heteroatoms. The molecule has 1 unspecified atom stereocenters. The van der Waals surface area contributed by atoms with Crippen LogP contribution in [0.25, 0.3) is 0 Å². The van der Waals surface area contributed by atoms with Crippen LogP contribution in [0.3, 0.4) is 0 Å². The average Bonchev–Trinajstić information content (AvgIpc) is 2.42. The molecule has 0 aliphatic heterocycles. The molecule has 1 atom stereocenters. The standard InChI is InChI=1S/C15H21ClFNO/c1-19-15(7-3-2-4-8-15)14(18)9-11-5-6-12(16)10-13(11)17/h5-6,10,14H,2-4,7-9,18H2,1H3. The van der Waals surface area contributed by atoms with Gasteiger partial charge in [0, 0.05) is 18.2 Å². The Bertz CT molecular complexity index is 432. The Morgan fingerprint density at radius 3 is 2.63 bits per heavy atom. The lowest BCUT2D eigenvalue weighted by Crippen LogP contribution is -2.52. The van der Waals surface area contributed by atoms with E-state index in [4.69, 9.17) is 22.1 Å². The van der Waals surface area contributed by atoms with Crippen LogP contribution >= 0.6 is 11.6 Å². The first-order valence-corrected chi connectivity index (χ1v) is 7.20. The Morgan fingerprint density at radius 2 is 2.05 bits per heavy atom. The van der Waals surface area contributed by atoms with Crippen LogP contribution in [0, 0.1) is 5.82 Å². The molecule has 19 heavy (non-hydrogen) atoms. The van der Waals surface area contributed by atoms with Gasteiger partial charge in [0.2, 0.25) is 0 Å². The molecule has 2 nitrogen and oxygen atoms in total. The molecular formula is C15H21ClFNO. The van der Waals surface area contributed by atoms with Crippen molar-refractivity contribution in [2.45, 2.75) is 50.2 Å². The second kappa shape index (κ2) is 6.21. The van der Waals surface area contributed by atoms with E-state index in [0.717, 1.165) is 25.7 Å². The molecule has 1 aliphatic carbocycles. The summed E-state index contributed by atoms with van der Waals surface area (Å²) in [5, 5.41) is 0.411. The van der Waals surface area contributed by atoms with Crippen LogP contribution in [0.4, 0.5) is 4.39 Å². The summed E-state index contributed by atoms with van der Waals surface area (Å²) in [6.07, 6.45) is 5.89. The predicted octanol–water partition coefficient (Wildman–Crippen LogP) is 3.70. The van der Waals surface area contributed by atoms with Crippen LogP contribution in [-0.2, 0) is 11.2 Å². The van der Waals surface area contributed by atoms with Gasteiger partial charge in [-0.05, 0) is 37.0 Å². The molecule has 106 valence electrons. The number of halogens is 2. The Morgan fingerprint density at radius 1 is 1.37 bits per heavy atom. The lowest BCUT2D eigenvalue weighted by molar-refractivity contribution is -0.0584. The fourth-order valence-electron chi connectivity index (χ4n) is 2.99. The van der Waals surface area contributed by atoms with E-state index in [2.05, 4.69) is 0 Å². The number of hydrogen-bond acceptors (Lipinski definition) is 2. The van der Waals surface area contributed by atoms with Crippen molar-refractivity contribution in [1.82, 2.24) is 0 Å². The van der Waals surface area contributed by atoms with Gasteiger partial charge in [-0.1, -0.05) is 36.9 Å². The van der Waals surface area contributed by atoms with Crippen molar-refractivity contribution in [3.63, 3.8) is 0 Å². The number of methoxy groups -OCH3 is 1. The third-order valence-corrected chi connectivity index (χ3v) is 4.47. The highest BCUT2D eigenvalue weighted by molar-refractivity contribution is 6.30. The summed E-state index contributed by atoms with van der Waals surface area (Å²) in [5.41, 5.74) is 6.62. The summed E-state index contributed by atoms with van der Waals surface area (Å²) in [4.78, 5) is 0. The molecule has 1 saturated carbocycles. The van der Waals surface area contributed by atoms with E-state index in [1.807, 2.05) is 0 Å². The van der Waals surface area contributed by atoms with Gasteiger partial charge in [-0.3, -0.25) is 0 Å². The number of benzene rings is 1. The SMILES string of the molecule is COC1(C(N)Cc2ccc(Cl)cc2F)CCCCC1. The van der Waals surface area contributed by atoms with Crippen molar-refractivity contribution in [3.05, 3.63) is 34.6 Å². The second-order valence-corrected chi connectivity index (χ2v) is 5.81. The van der Waals surface area contributed by atoms with Gasteiger partial charge in [-0.25, -0.2) is 4.39 Å². The van der Waals surface area contributed by atoms with Gasteiger partial charge < -0.3 is 10.5 Å². The number of nitrogens with two attached hydrogens (primary N) is 1. The first kappa shape index (κ1) is 14.8. The molecule has 1 fully saturated rings. The van der Waals surface area contributed by atoms with Gasteiger partial charge in [0.05, 0.1) is 5.60 Å². The van der Waals surface area contributed by atoms with Gasteiger partial charge in [0.25, 0.3) is 0 Å². The van der Waals surface area contributed by atoms with E-state index < -0.39 is 0 Å². The highest BCUT2D eigenvalue weighted by Gasteiger charge is 2.38. The molecule has 1 aliphatic rings. The first-order valence-electron chi connectivity index (χ1n) is 6.82. The van der Waals surface area contributed by atoms with Gasteiger partial charge in [0.1, 0.15) is 5.82 Å². The molecule has 0 spiro atoms. The van der Waals surface area contributed by atoms with Crippen LogP contribution in [-0.4, -0.2) is 18.8 Å². The normalized spacial score (nSPS) is 20.2. The van der Waals surface area contributed by atoms with Crippen LogP contribution in [0.15, 0.2) is 18.2 Å². The Hall–Kier alpha value is -0.640. The lowest BCUT2D eigenvalue weighted by atomic mass is 9.77. The molecule has 0 radical (unpaired) electrons. The smallest absolute Gasteiger partial charge is 0.127 e. The van der Waals surface area contributed by atoms with Crippen molar-refractivity contribution < 1.29 is 9.13 Å². The zero-order chi connectivity index (χ0) is 13.9. The minimum Gasteiger partial charge on any atom is -0.377 e. The Labute approximate surface area is 119 Å². The van der Waals surface area contributed by atoms with Crippen molar-refractivity contribution in [1.29, 1.82) is 0 Å². The third kappa shape index (κ3) is 3.28. The predicted molar refractivity (Wildman–Crippen MR) is 75.9 cm³/mol. The fraction of sp³-hybridized carbons (Fsp3) is 0.600. The molecule has 2 N–H and O–H groups in total. The number of hydrogen-bond donors (Lipinski definition) is 1. The molecule has 2 rings (SSSR count). The summed E-state index contributed by atoms with van der Waals surface area (Å²) < 4.78 is 19.5. The highest BCUT2D eigenvalue weighted by Crippen LogP contribution is 2.34.